The number of hydrogen-bond donors (Lipinski definition) is 1. The molecular formula is C18H18N2O3. The Labute approximate surface area is 134 Å². The summed E-state index contributed by atoms with van der Waals surface area (Å²) in [5.74, 6) is -0.303. The van der Waals surface area contributed by atoms with Gasteiger partial charge in [-0.3, -0.25) is 4.79 Å². The maximum absolute atomic E-state index is 11.6. The van der Waals surface area contributed by atoms with Gasteiger partial charge in [0.05, 0.1) is 18.7 Å². The standard InChI is InChI=1S/C18H18N2O3/c1-23-18(22)13-7-9-15(10-8-13)20(14-5-3-2-4-6-14)16-11-17(21)19-12-16/h2-10,16H,11-12H2,1H3,(H,19,21). The molecule has 5 heteroatoms. The number of ether oxygens (including phenoxy) is 1. The van der Waals surface area contributed by atoms with Crippen molar-refractivity contribution in [3.63, 3.8) is 0 Å². The number of nitrogens with zero attached hydrogens (tertiary/aromatic N) is 1. The lowest BCUT2D eigenvalue weighted by molar-refractivity contribution is -0.119. The van der Waals surface area contributed by atoms with Gasteiger partial charge in [-0.15, -0.1) is 0 Å². The number of carbonyl (C=O) groups is 2. The van der Waals surface area contributed by atoms with Crippen LogP contribution in [0.3, 0.4) is 0 Å². The molecule has 3 rings (SSSR count). The molecule has 1 atom stereocenters. The highest BCUT2D eigenvalue weighted by atomic mass is 16.5. The van der Waals surface area contributed by atoms with Gasteiger partial charge < -0.3 is 15.0 Å². The summed E-state index contributed by atoms with van der Waals surface area (Å²) in [5, 5.41) is 2.87. The van der Waals surface area contributed by atoms with E-state index in [4.69, 9.17) is 4.74 Å². The first-order valence-corrected chi connectivity index (χ1v) is 7.48. The molecule has 1 N–H and O–H groups in total. The zero-order valence-corrected chi connectivity index (χ0v) is 12.9. The highest BCUT2D eigenvalue weighted by Gasteiger charge is 2.28. The van der Waals surface area contributed by atoms with Crippen molar-refractivity contribution < 1.29 is 14.3 Å². The van der Waals surface area contributed by atoms with Gasteiger partial charge >= 0.3 is 5.97 Å². The average molecular weight is 310 g/mol. The molecule has 1 saturated heterocycles. The second kappa shape index (κ2) is 6.52. The van der Waals surface area contributed by atoms with Crippen LogP contribution in [0, 0.1) is 0 Å². The lowest BCUT2D eigenvalue weighted by atomic mass is 10.1. The van der Waals surface area contributed by atoms with Gasteiger partial charge in [-0.1, -0.05) is 18.2 Å². The highest BCUT2D eigenvalue weighted by Crippen LogP contribution is 2.30. The van der Waals surface area contributed by atoms with Crippen molar-refractivity contribution >= 4 is 23.3 Å². The van der Waals surface area contributed by atoms with E-state index in [2.05, 4.69) is 10.2 Å². The maximum Gasteiger partial charge on any atom is 0.337 e. The monoisotopic (exact) mass is 310 g/mol. The van der Waals surface area contributed by atoms with Gasteiger partial charge in [0, 0.05) is 24.3 Å². The van der Waals surface area contributed by atoms with E-state index in [-0.39, 0.29) is 17.9 Å². The van der Waals surface area contributed by atoms with Gasteiger partial charge in [-0.2, -0.15) is 0 Å². The molecule has 0 radical (unpaired) electrons. The molecule has 0 bridgehead atoms. The maximum atomic E-state index is 11.6. The predicted octanol–water partition coefficient (Wildman–Crippen LogP) is 2.50. The largest absolute Gasteiger partial charge is 0.465 e. The lowest BCUT2D eigenvalue weighted by Gasteiger charge is -2.30. The van der Waals surface area contributed by atoms with E-state index in [1.165, 1.54) is 7.11 Å². The lowest BCUT2D eigenvalue weighted by Crippen LogP contribution is -2.32. The Morgan fingerprint density at radius 3 is 2.30 bits per heavy atom. The number of nitrogens with one attached hydrogen (secondary N) is 1. The molecule has 23 heavy (non-hydrogen) atoms. The number of esters is 1. The average Bonchev–Trinajstić information content (AvgIpc) is 3.02. The summed E-state index contributed by atoms with van der Waals surface area (Å²) in [6.45, 7) is 0.604. The fraction of sp³-hybridized carbons (Fsp3) is 0.222. The molecule has 2 aromatic carbocycles. The molecule has 0 aromatic heterocycles. The number of benzene rings is 2. The Bertz CT molecular complexity index is 698. The van der Waals surface area contributed by atoms with Crippen molar-refractivity contribution in [3.8, 4) is 0 Å². The van der Waals surface area contributed by atoms with Gasteiger partial charge in [-0.05, 0) is 36.4 Å². The van der Waals surface area contributed by atoms with Crippen LogP contribution in [0.4, 0.5) is 11.4 Å². The molecule has 1 fully saturated rings. The topological polar surface area (TPSA) is 58.6 Å². The summed E-state index contributed by atoms with van der Waals surface area (Å²) in [4.78, 5) is 25.3. The highest BCUT2D eigenvalue weighted by molar-refractivity contribution is 5.90. The molecule has 0 aliphatic carbocycles. The zero-order valence-electron chi connectivity index (χ0n) is 12.9. The Kier molecular flexibility index (Phi) is 4.28. The molecule has 5 nitrogen and oxygen atoms in total. The van der Waals surface area contributed by atoms with E-state index in [0.717, 1.165) is 11.4 Å². The molecular weight excluding hydrogens is 292 g/mol. The van der Waals surface area contributed by atoms with Crippen LogP contribution in [0.5, 0.6) is 0 Å². The van der Waals surface area contributed by atoms with Crippen molar-refractivity contribution in [1.82, 2.24) is 5.32 Å². The molecule has 118 valence electrons. The number of methoxy groups -OCH3 is 1. The number of anilines is 2. The third-order valence-corrected chi connectivity index (χ3v) is 3.92. The van der Waals surface area contributed by atoms with Crippen LogP contribution in [-0.2, 0) is 9.53 Å². The molecule has 1 unspecified atom stereocenters. The van der Waals surface area contributed by atoms with Crippen LogP contribution >= 0.6 is 0 Å². The number of carbonyl (C=O) groups excluding carboxylic acids is 2. The predicted molar refractivity (Wildman–Crippen MR) is 87.8 cm³/mol. The third-order valence-electron chi connectivity index (χ3n) is 3.92. The van der Waals surface area contributed by atoms with Crippen LogP contribution in [0.25, 0.3) is 0 Å². The molecule has 0 saturated carbocycles. The van der Waals surface area contributed by atoms with E-state index >= 15 is 0 Å². The first-order chi connectivity index (χ1) is 11.2. The molecule has 0 spiro atoms. The third kappa shape index (κ3) is 3.18. The Hall–Kier alpha value is -2.82. The molecule has 1 aliphatic heterocycles. The van der Waals surface area contributed by atoms with E-state index in [1.807, 2.05) is 42.5 Å². The molecule has 1 heterocycles. The van der Waals surface area contributed by atoms with Crippen LogP contribution in [-0.4, -0.2) is 31.6 Å². The van der Waals surface area contributed by atoms with Crippen LogP contribution in [0.1, 0.15) is 16.8 Å². The normalized spacial score (nSPS) is 16.7. The second-order valence-electron chi connectivity index (χ2n) is 5.41. The van der Waals surface area contributed by atoms with Gasteiger partial charge in [0.1, 0.15) is 0 Å². The fourth-order valence-corrected chi connectivity index (χ4v) is 2.81. The first kappa shape index (κ1) is 15.1. The zero-order chi connectivity index (χ0) is 16.2. The number of para-hydroxylation sites is 1. The van der Waals surface area contributed by atoms with E-state index in [9.17, 15) is 9.59 Å². The minimum Gasteiger partial charge on any atom is -0.465 e. The Morgan fingerprint density at radius 2 is 1.74 bits per heavy atom. The Morgan fingerprint density at radius 1 is 1.09 bits per heavy atom. The molecule has 1 aliphatic rings. The summed E-state index contributed by atoms with van der Waals surface area (Å²) in [5.41, 5.74) is 2.45. The van der Waals surface area contributed by atoms with Crippen molar-refractivity contribution in [3.05, 3.63) is 60.2 Å². The summed E-state index contributed by atoms with van der Waals surface area (Å²) in [6, 6.07) is 17.2. The van der Waals surface area contributed by atoms with E-state index in [0.29, 0.717) is 18.5 Å². The molecule has 1 amide bonds. The Balaban J connectivity index is 1.95. The number of hydrogen-bond acceptors (Lipinski definition) is 4. The summed E-state index contributed by atoms with van der Waals surface area (Å²) in [7, 11) is 1.36. The second-order valence-corrected chi connectivity index (χ2v) is 5.41. The van der Waals surface area contributed by atoms with Crippen molar-refractivity contribution in [2.45, 2.75) is 12.5 Å². The number of rotatable bonds is 4. The van der Waals surface area contributed by atoms with Gasteiger partial charge in [0.2, 0.25) is 5.91 Å². The van der Waals surface area contributed by atoms with Gasteiger partial charge in [-0.25, -0.2) is 4.79 Å². The van der Waals surface area contributed by atoms with Crippen LogP contribution < -0.4 is 10.2 Å². The quantitative estimate of drug-likeness (QED) is 0.882. The van der Waals surface area contributed by atoms with Crippen LogP contribution in [0.15, 0.2) is 54.6 Å². The van der Waals surface area contributed by atoms with Crippen molar-refractivity contribution in [1.29, 1.82) is 0 Å². The minimum absolute atomic E-state index is 0.0499. The SMILES string of the molecule is COC(=O)c1ccc(N(c2ccccc2)C2CNC(=O)C2)cc1. The minimum atomic E-state index is -0.361. The van der Waals surface area contributed by atoms with E-state index in [1.54, 1.807) is 12.1 Å². The van der Waals surface area contributed by atoms with Gasteiger partial charge in [0.15, 0.2) is 0 Å². The van der Waals surface area contributed by atoms with Crippen LogP contribution in [0.2, 0.25) is 0 Å². The number of amides is 1. The summed E-state index contributed by atoms with van der Waals surface area (Å²) < 4.78 is 4.73. The summed E-state index contributed by atoms with van der Waals surface area (Å²) >= 11 is 0. The molecule has 2 aromatic rings. The van der Waals surface area contributed by atoms with E-state index < -0.39 is 0 Å². The smallest absolute Gasteiger partial charge is 0.337 e. The first-order valence-electron chi connectivity index (χ1n) is 7.48. The van der Waals surface area contributed by atoms with Crippen molar-refractivity contribution in [2.24, 2.45) is 0 Å². The van der Waals surface area contributed by atoms with Crippen molar-refractivity contribution in [2.75, 3.05) is 18.6 Å². The summed E-state index contributed by atoms with van der Waals surface area (Å²) in [6.07, 6.45) is 0.452. The van der Waals surface area contributed by atoms with Gasteiger partial charge in [0.25, 0.3) is 0 Å². The fourth-order valence-electron chi connectivity index (χ4n) is 2.81.